The molecule has 1 rings (SSSR count). The summed E-state index contributed by atoms with van der Waals surface area (Å²) < 4.78 is 26.6. The van der Waals surface area contributed by atoms with E-state index >= 15 is 0 Å². The van der Waals surface area contributed by atoms with E-state index in [4.69, 9.17) is 0 Å². The first kappa shape index (κ1) is 17.8. The van der Waals surface area contributed by atoms with Crippen molar-refractivity contribution in [3.63, 3.8) is 0 Å². The fourth-order valence-electron chi connectivity index (χ4n) is 2.53. The highest BCUT2D eigenvalue weighted by molar-refractivity contribution is 5.81. The van der Waals surface area contributed by atoms with Crippen molar-refractivity contribution in [2.75, 3.05) is 0 Å². The van der Waals surface area contributed by atoms with E-state index in [-0.39, 0.29) is 12.2 Å². The van der Waals surface area contributed by atoms with Crippen LogP contribution in [0.4, 0.5) is 8.78 Å². The molecule has 2 nitrogen and oxygen atoms in total. The molecule has 0 aromatic heterocycles. The Balaban J connectivity index is 2.70. The van der Waals surface area contributed by atoms with Crippen LogP contribution in [0.5, 0.6) is 0 Å². The molecule has 0 amide bonds. The zero-order chi connectivity index (χ0) is 15.9. The fraction of sp³-hybridized carbons (Fsp3) is 0.588. The quantitative estimate of drug-likeness (QED) is 0.740. The van der Waals surface area contributed by atoms with E-state index in [1.807, 2.05) is 37.3 Å². The number of rotatable bonds is 9. The number of ketones is 1. The van der Waals surface area contributed by atoms with E-state index < -0.39 is 17.9 Å². The highest BCUT2D eigenvalue weighted by Crippen LogP contribution is 2.36. The molecule has 0 aliphatic carbocycles. The lowest BCUT2D eigenvalue weighted by Gasteiger charge is -2.32. The van der Waals surface area contributed by atoms with Crippen molar-refractivity contribution < 1.29 is 13.6 Å². The Morgan fingerprint density at radius 2 is 1.90 bits per heavy atom. The number of benzene rings is 1. The van der Waals surface area contributed by atoms with E-state index in [0.717, 1.165) is 5.56 Å². The molecule has 0 saturated carbocycles. The topological polar surface area (TPSA) is 29.1 Å². The molecule has 0 bridgehead atoms. The first-order valence-corrected chi connectivity index (χ1v) is 7.45. The fourth-order valence-corrected chi connectivity index (χ4v) is 2.53. The standard InChI is InChI=1S/C17H25F2NO/c1-4-10-17(3,16(18)19)11-15(13(2)21)20-12-14-8-6-5-7-9-14/h5-9,15-16,20H,4,10-12H2,1-3H3. The molecule has 0 spiro atoms. The molecular weight excluding hydrogens is 272 g/mol. The Kier molecular flexibility index (Phi) is 6.96. The van der Waals surface area contributed by atoms with Gasteiger partial charge in [0, 0.05) is 12.0 Å². The van der Waals surface area contributed by atoms with E-state index in [1.54, 1.807) is 6.92 Å². The van der Waals surface area contributed by atoms with Gasteiger partial charge in [0.25, 0.3) is 0 Å². The van der Waals surface area contributed by atoms with Crippen LogP contribution in [0.25, 0.3) is 0 Å². The molecule has 0 aliphatic rings. The van der Waals surface area contributed by atoms with Gasteiger partial charge in [0.2, 0.25) is 6.43 Å². The summed E-state index contributed by atoms with van der Waals surface area (Å²) in [5.74, 6) is -0.0890. The number of carbonyl (C=O) groups excluding carboxylic acids is 1. The molecule has 1 aromatic carbocycles. The average molecular weight is 297 g/mol. The lowest BCUT2D eigenvalue weighted by Crippen LogP contribution is -2.41. The van der Waals surface area contributed by atoms with Gasteiger partial charge in [-0.3, -0.25) is 4.79 Å². The molecule has 1 N–H and O–H groups in total. The zero-order valence-electron chi connectivity index (χ0n) is 13.0. The highest BCUT2D eigenvalue weighted by atomic mass is 19.3. The number of Topliss-reactive ketones (excluding diaryl/α,β-unsaturated/α-hetero) is 1. The molecule has 0 aliphatic heterocycles. The maximum atomic E-state index is 13.3. The predicted molar refractivity (Wildman–Crippen MR) is 81.4 cm³/mol. The summed E-state index contributed by atoms with van der Waals surface area (Å²) in [6.07, 6.45) is -1.15. The van der Waals surface area contributed by atoms with Crippen LogP contribution < -0.4 is 5.32 Å². The number of halogens is 2. The van der Waals surface area contributed by atoms with Crippen LogP contribution in [0.2, 0.25) is 0 Å². The normalized spacial score (nSPS) is 15.7. The van der Waals surface area contributed by atoms with E-state index in [9.17, 15) is 13.6 Å². The SMILES string of the molecule is CCCC(C)(CC(NCc1ccccc1)C(C)=O)C(F)F. The predicted octanol–water partition coefficient (Wildman–Crippen LogP) is 4.20. The minimum absolute atomic E-state index is 0.0890. The van der Waals surface area contributed by atoms with Gasteiger partial charge in [-0.1, -0.05) is 50.6 Å². The van der Waals surface area contributed by atoms with E-state index in [0.29, 0.717) is 19.4 Å². The van der Waals surface area contributed by atoms with Crippen molar-refractivity contribution in [3.05, 3.63) is 35.9 Å². The van der Waals surface area contributed by atoms with Gasteiger partial charge in [-0.25, -0.2) is 8.78 Å². The van der Waals surface area contributed by atoms with Gasteiger partial charge in [0.05, 0.1) is 6.04 Å². The maximum absolute atomic E-state index is 13.3. The smallest absolute Gasteiger partial charge is 0.243 e. The van der Waals surface area contributed by atoms with Crippen molar-refractivity contribution >= 4 is 5.78 Å². The highest BCUT2D eigenvalue weighted by Gasteiger charge is 2.37. The Morgan fingerprint density at radius 1 is 1.29 bits per heavy atom. The second-order valence-corrected chi connectivity index (χ2v) is 5.94. The Hall–Kier alpha value is -1.29. The number of hydrogen-bond acceptors (Lipinski definition) is 2. The third kappa shape index (κ3) is 5.54. The first-order valence-electron chi connectivity index (χ1n) is 7.45. The summed E-state index contributed by atoms with van der Waals surface area (Å²) >= 11 is 0. The maximum Gasteiger partial charge on any atom is 0.243 e. The molecule has 4 heteroatoms. The Bertz CT molecular complexity index is 436. The summed E-state index contributed by atoms with van der Waals surface area (Å²) in [7, 11) is 0. The van der Waals surface area contributed by atoms with Crippen LogP contribution in [-0.4, -0.2) is 18.3 Å². The summed E-state index contributed by atoms with van der Waals surface area (Å²) in [6.45, 7) is 5.43. The zero-order valence-corrected chi connectivity index (χ0v) is 13.0. The summed E-state index contributed by atoms with van der Waals surface area (Å²) in [5.41, 5.74) is -0.0765. The number of alkyl halides is 2. The molecule has 0 radical (unpaired) electrons. The van der Waals surface area contributed by atoms with Gasteiger partial charge in [0.15, 0.2) is 0 Å². The van der Waals surface area contributed by atoms with Crippen LogP contribution in [0, 0.1) is 5.41 Å². The van der Waals surface area contributed by atoms with Crippen molar-refractivity contribution in [2.24, 2.45) is 5.41 Å². The molecule has 1 aromatic rings. The van der Waals surface area contributed by atoms with Gasteiger partial charge in [-0.2, -0.15) is 0 Å². The molecule has 2 unspecified atom stereocenters. The number of nitrogens with one attached hydrogen (secondary N) is 1. The van der Waals surface area contributed by atoms with Crippen molar-refractivity contribution in [1.29, 1.82) is 0 Å². The van der Waals surface area contributed by atoms with Crippen LogP contribution >= 0.6 is 0 Å². The minimum Gasteiger partial charge on any atom is -0.303 e. The Morgan fingerprint density at radius 3 is 2.38 bits per heavy atom. The monoisotopic (exact) mass is 297 g/mol. The van der Waals surface area contributed by atoms with Gasteiger partial charge in [-0.05, 0) is 25.3 Å². The molecule has 0 saturated heterocycles. The average Bonchev–Trinajstić information content (AvgIpc) is 2.44. The van der Waals surface area contributed by atoms with E-state index in [2.05, 4.69) is 5.32 Å². The first-order chi connectivity index (χ1) is 9.89. The molecule has 0 fully saturated rings. The molecule has 0 heterocycles. The molecule has 118 valence electrons. The third-order valence-corrected chi connectivity index (χ3v) is 3.90. The van der Waals surface area contributed by atoms with Crippen LogP contribution in [-0.2, 0) is 11.3 Å². The molecular formula is C17H25F2NO. The number of carbonyl (C=O) groups is 1. The lowest BCUT2D eigenvalue weighted by molar-refractivity contribution is -0.120. The Labute approximate surface area is 125 Å². The van der Waals surface area contributed by atoms with Gasteiger partial charge in [-0.15, -0.1) is 0 Å². The van der Waals surface area contributed by atoms with Gasteiger partial charge < -0.3 is 5.32 Å². The second-order valence-electron chi connectivity index (χ2n) is 5.94. The largest absolute Gasteiger partial charge is 0.303 e. The van der Waals surface area contributed by atoms with Crippen LogP contribution in [0.1, 0.15) is 45.6 Å². The third-order valence-electron chi connectivity index (χ3n) is 3.90. The van der Waals surface area contributed by atoms with Crippen LogP contribution in [0.3, 0.4) is 0 Å². The summed E-state index contributed by atoms with van der Waals surface area (Å²) in [5, 5.41) is 3.12. The number of hydrogen-bond donors (Lipinski definition) is 1. The molecule has 2 atom stereocenters. The summed E-state index contributed by atoms with van der Waals surface area (Å²) in [4.78, 5) is 11.8. The van der Waals surface area contributed by atoms with Crippen LogP contribution in [0.15, 0.2) is 30.3 Å². The minimum atomic E-state index is -2.42. The van der Waals surface area contributed by atoms with Crippen molar-refractivity contribution in [2.45, 2.75) is 59.0 Å². The van der Waals surface area contributed by atoms with Gasteiger partial charge >= 0.3 is 0 Å². The second kappa shape index (κ2) is 8.23. The van der Waals surface area contributed by atoms with E-state index in [1.165, 1.54) is 6.92 Å². The lowest BCUT2D eigenvalue weighted by atomic mass is 9.79. The van der Waals surface area contributed by atoms with Crippen molar-refractivity contribution in [3.8, 4) is 0 Å². The van der Waals surface area contributed by atoms with Crippen molar-refractivity contribution in [1.82, 2.24) is 5.32 Å². The molecule has 21 heavy (non-hydrogen) atoms. The van der Waals surface area contributed by atoms with Gasteiger partial charge in [0.1, 0.15) is 5.78 Å². The summed E-state index contributed by atoms with van der Waals surface area (Å²) in [6, 6.07) is 9.11.